The maximum Gasteiger partial charge on any atom is 0.127 e. The van der Waals surface area contributed by atoms with E-state index in [1.165, 1.54) is 0 Å². The van der Waals surface area contributed by atoms with Gasteiger partial charge in [0.1, 0.15) is 6.29 Å². The molecule has 0 amide bonds. The Kier molecular flexibility index (Phi) is 3.87. The van der Waals surface area contributed by atoms with Crippen molar-refractivity contribution < 1.29 is 4.79 Å². The predicted octanol–water partition coefficient (Wildman–Crippen LogP) is 2.64. The lowest BCUT2D eigenvalue weighted by atomic mass is 9.95. The van der Waals surface area contributed by atoms with Gasteiger partial charge < -0.3 is 4.79 Å². The molecule has 0 fully saturated rings. The van der Waals surface area contributed by atoms with Gasteiger partial charge in [-0.1, -0.05) is 25.5 Å². The van der Waals surface area contributed by atoms with Crippen molar-refractivity contribution in [3.05, 3.63) is 35.4 Å². The van der Waals surface area contributed by atoms with Gasteiger partial charge in [-0.2, -0.15) is 5.26 Å². The number of carbonyl (C=O) groups excluding carboxylic acids is 1. The topological polar surface area (TPSA) is 40.9 Å². The monoisotopic (exact) mass is 187 g/mol. The fourth-order valence-corrected chi connectivity index (χ4v) is 1.43. The van der Waals surface area contributed by atoms with Crippen molar-refractivity contribution >= 4 is 6.29 Å². The zero-order valence-electron chi connectivity index (χ0n) is 8.23. The van der Waals surface area contributed by atoms with Crippen LogP contribution >= 0.6 is 0 Å². The summed E-state index contributed by atoms with van der Waals surface area (Å²) in [6.07, 6.45) is 2.84. The first-order chi connectivity index (χ1) is 6.81. The van der Waals surface area contributed by atoms with Gasteiger partial charge in [0.05, 0.1) is 11.6 Å². The first-order valence-corrected chi connectivity index (χ1v) is 4.77. The van der Waals surface area contributed by atoms with E-state index in [0.29, 0.717) is 5.56 Å². The summed E-state index contributed by atoms with van der Waals surface area (Å²) < 4.78 is 0. The third-order valence-electron chi connectivity index (χ3n) is 2.23. The molecule has 0 aliphatic carbocycles. The zero-order chi connectivity index (χ0) is 10.4. The highest BCUT2D eigenvalue weighted by molar-refractivity contribution is 5.62. The fourth-order valence-electron chi connectivity index (χ4n) is 1.43. The largest absolute Gasteiger partial charge is 0.303 e. The van der Waals surface area contributed by atoms with E-state index in [1.54, 1.807) is 12.1 Å². The Balaban J connectivity index is 2.84. The van der Waals surface area contributed by atoms with Crippen LogP contribution in [0.5, 0.6) is 0 Å². The Hall–Kier alpha value is -1.62. The van der Waals surface area contributed by atoms with Crippen molar-refractivity contribution in [2.24, 2.45) is 0 Å². The second kappa shape index (κ2) is 5.18. The van der Waals surface area contributed by atoms with Gasteiger partial charge in [0.25, 0.3) is 0 Å². The van der Waals surface area contributed by atoms with Gasteiger partial charge in [-0.15, -0.1) is 0 Å². The molecule has 1 unspecified atom stereocenters. The third kappa shape index (κ3) is 2.43. The van der Waals surface area contributed by atoms with Gasteiger partial charge in [0.15, 0.2) is 0 Å². The fraction of sp³-hybridized carbons (Fsp3) is 0.333. The van der Waals surface area contributed by atoms with E-state index in [9.17, 15) is 4.79 Å². The number of benzene rings is 1. The molecular weight excluding hydrogens is 174 g/mol. The Bertz CT molecular complexity index is 334. The lowest BCUT2D eigenvalue weighted by Crippen LogP contribution is -1.99. The number of nitrogens with zero attached hydrogens (tertiary/aromatic N) is 1. The standard InChI is InChI=1S/C12H13NO/c1-2-3-12(9-14)11-6-4-10(8-13)5-7-11/h4-7,9,12H,2-3H2,1H3. The average Bonchev–Trinajstić information content (AvgIpc) is 2.26. The van der Waals surface area contributed by atoms with E-state index in [-0.39, 0.29) is 5.92 Å². The van der Waals surface area contributed by atoms with Crippen molar-refractivity contribution in [2.45, 2.75) is 25.7 Å². The molecule has 1 aromatic carbocycles. The van der Waals surface area contributed by atoms with Crippen molar-refractivity contribution in [1.82, 2.24) is 0 Å². The van der Waals surface area contributed by atoms with Gasteiger partial charge in [-0.3, -0.25) is 0 Å². The van der Waals surface area contributed by atoms with Crippen LogP contribution in [0.4, 0.5) is 0 Å². The van der Waals surface area contributed by atoms with Crippen molar-refractivity contribution in [3.63, 3.8) is 0 Å². The zero-order valence-corrected chi connectivity index (χ0v) is 8.23. The van der Waals surface area contributed by atoms with E-state index in [4.69, 9.17) is 5.26 Å². The minimum atomic E-state index is -0.0206. The predicted molar refractivity (Wildman–Crippen MR) is 54.9 cm³/mol. The summed E-state index contributed by atoms with van der Waals surface area (Å²) in [6, 6.07) is 9.27. The summed E-state index contributed by atoms with van der Waals surface area (Å²) in [5.41, 5.74) is 1.63. The molecule has 72 valence electrons. The number of hydrogen-bond acceptors (Lipinski definition) is 2. The maximum atomic E-state index is 10.8. The van der Waals surface area contributed by atoms with Crippen LogP contribution in [0, 0.1) is 11.3 Å². The lowest BCUT2D eigenvalue weighted by Gasteiger charge is -2.08. The normalized spacial score (nSPS) is 11.7. The van der Waals surface area contributed by atoms with Crippen molar-refractivity contribution in [1.29, 1.82) is 5.26 Å². The number of aldehydes is 1. The van der Waals surface area contributed by atoms with Crippen LogP contribution in [0.15, 0.2) is 24.3 Å². The van der Waals surface area contributed by atoms with Crippen LogP contribution in [0.1, 0.15) is 36.8 Å². The molecule has 0 aliphatic heterocycles. The molecule has 0 saturated heterocycles. The number of hydrogen-bond donors (Lipinski definition) is 0. The van der Waals surface area contributed by atoms with Crippen LogP contribution < -0.4 is 0 Å². The van der Waals surface area contributed by atoms with Crippen LogP contribution in [-0.4, -0.2) is 6.29 Å². The molecule has 0 aliphatic rings. The highest BCUT2D eigenvalue weighted by Gasteiger charge is 2.08. The van der Waals surface area contributed by atoms with E-state index < -0.39 is 0 Å². The number of carbonyl (C=O) groups is 1. The van der Waals surface area contributed by atoms with Crippen LogP contribution in [0.3, 0.4) is 0 Å². The van der Waals surface area contributed by atoms with Crippen LogP contribution in [-0.2, 0) is 4.79 Å². The van der Waals surface area contributed by atoms with E-state index in [0.717, 1.165) is 24.7 Å². The van der Waals surface area contributed by atoms with Crippen LogP contribution in [0.25, 0.3) is 0 Å². The summed E-state index contributed by atoms with van der Waals surface area (Å²) in [6.45, 7) is 2.06. The summed E-state index contributed by atoms with van der Waals surface area (Å²) in [7, 11) is 0. The van der Waals surface area contributed by atoms with E-state index in [2.05, 4.69) is 13.0 Å². The summed E-state index contributed by atoms with van der Waals surface area (Å²) >= 11 is 0. The molecule has 1 rings (SSSR count). The SMILES string of the molecule is CCCC(C=O)c1ccc(C#N)cc1. The first kappa shape index (κ1) is 10.5. The average molecular weight is 187 g/mol. The Morgan fingerprint density at radius 1 is 1.43 bits per heavy atom. The first-order valence-electron chi connectivity index (χ1n) is 4.77. The second-order valence-corrected chi connectivity index (χ2v) is 3.27. The molecule has 0 heterocycles. The molecule has 2 heteroatoms. The Morgan fingerprint density at radius 2 is 2.07 bits per heavy atom. The molecule has 0 saturated carbocycles. The van der Waals surface area contributed by atoms with Gasteiger partial charge in [-0.25, -0.2) is 0 Å². The van der Waals surface area contributed by atoms with Gasteiger partial charge >= 0.3 is 0 Å². The smallest absolute Gasteiger partial charge is 0.127 e. The number of nitriles is 1. The van der Waals surface area contributed by atoms with Gasteiger partial charge in [0, 0.05) is 5.92 Å². The Morgan fingerprint density at radius 3 is 2.50 bits per heavy atom. The third-order valence-corrected chi connectivity index (χ3v) is 2.23. The Labute approximate surface area is 84.2 Å². The molecule has 2 nitrogen and oxygen atoms in total. The molecule has 0 radical (unpaired) electrons. The summed E-state index contributed by atoms with van der Waals surface area (Å²) in [4.78, 5) is 10.8. The van der Waals surface area contributed by atoms with Crippen molar-refractivity contribution in [3.8, 4) is 6.07 Å². The second-order valence-electron chi connectivity index (χ2n) is 3.27. The quantitative estimate of drug-likeness (QED) is 0.680. The van der Waals surface area contributed by atoms with Gasteiger partial charge in [-0.05, 0) is 24.1 Å². The maximum absolute atomic E-state index is 10.8. The van der Waals surface area contributed by atoms with E-state index >= 15 is 0 Å². The molecular formula is C12H13NO. The van der Waals surface area contributed by atoms with E-state index in [1.807, 2.05) is 12.1 Å². The molecule has 0 aromatic heterocycles. The van der Waals surface area contributed by atoms with Crippen LogP contribution in [0.2, 0.25) is 0 Å². The lowest BCUT2D eigenvalue weighted by molar-refractivity contribution is -0.109. The minimum absolute atomic E-state index is 0.0206. The number of rotatable bonds is 4. The molecule has 1 atom stereocenters. The van der Waals surface area contributed by atoms with Crippen molar-refractivity contribution in [2.75, 3.05) is 0 Å². The minimum Gasteiger partial charge on any atom is -0.303 e. The molecule has 0 bridgehead atoms. The van der Waals surface area contributed by atoms with Gasteiger partial charge in [0.2, 0.25) is 0 Å². The molecule has 0 spiro atoms. The highest BCUT2D eigenvalue weighted by Crippen LogP contribution is 2.19. The molecule has 1 aromatic rings. The highest BCUT2D eigenvalue weighted by atomic mass is 16.1. The molecule has 14 heavy (non-hydrogen) atoms. The summed E-state index contributed by atoms with van der Waals surface area (Å²) in [5, 5.41) is 8.61. The molecule has 0 N–H and O–H groups in total. The summed E-state index contributed by atoms with van der Waals surface area (Å²) in [5.74, 6) is -0.0206.